The van der Waals surface area contributed by atoms with Crippen molar-refractivity contribution in [2.75, 3.05) is 0 Å². The second-order valence-corrected chi connectivity index (χ2v) is 0. The fourth-order valence-electron chi connectivity index (χ4n) is 0. The third-order valence-electron chi connectivity index (χ3n) is 0. The van der Waals surface area contributed by atoms with Gasteiger partial charge >= 0.3 is 0 Å². The fourth-order valence-corrected chi connectivity index (χ4v) is 0. The van der Waals surface area contributed by atoms with Crippen LogP contribution in [0.15, 0.2) is 13.2 Å². The Hall–Kier alpha value is -0.400. The Morgan fingerprint density at radius 3 is 0.750 bits per heavy atom. The molecule has 0 aromatic heterocycles. The first-order valence-corrected chi connectivity index (χ1v) is 0.500. The number of hydrogen-bond acceptors (Lipinski definition) is 0. The van der Waals surface area contributed by atoms with E-state index < -0.39 is 0 Å². The first-order chi connectivity index (χ1) is 1.00. The van der Waals surface area contributed by atoms with Crippen LogP contribution in [0.1, 0.15) is 0 Å². The Bertz CT molecular complexity index is 4.00. The standard InChI is InChI=1S/C2H4.2FH/c1-2;;/h1-2H2;2*1H. The highest BCUT2D eigenvalue weighted by Gasteiger charge is 0.601. The van der Waals surface area contributed by atoms with E-state index in [4.69, 9.17) is 0 Å². The molecule has 0 aromatic rings. The smallest absolute Gasteiger partial charge is 0.106 e. The summed E-state index contributed by atoms with van der Waals surface area (Å²) in [6, 6.07) is 0. The van der Waals surface area contributed by atoms with Crippen LogP contribution in [0.25, 0.3) is 0 Å². The zero-order chi connectivity index (χ0) is 2.00. The van der Waals surface area contributed by atoms with Gasteiger partial charge in [-0.05, 0) is 0 Å². The van der Waals surface area contributed by atoms with Crippen LogP contribution in [-0.4, -0.2) is 0 Å². The fraction of sp³-hybridized carbons (Fsp3) is 0. The maximum atomic E-state index is 3.00. The molecule has 0 nitrogen and oxygen atoms in total. The van der Waals surface area contributed by atoms with Crippen molar-refractivity contribution in [2.24, 2.45) is 0 Å². The van der Waals surface area contributed by atoms with Gasteiger partial charge in [-0.3, -0.25) is 9.41 Å². The molecule has 28 valence electrons. The summed E-state index contributed by atoms with van der Waals surface area (Å²) in [5.41, 5.74) is 0. The molecule has 0 bridgehead atoms. The molecule has 0 atom stereocenters. The molecular weight excluding hydrogens is 62.0 g/mol. The van der Waals surface area contributed by atoms with E-state index in [1.165, 1.54) is 0 Å². The van der Waals surface area contributed by atoms with Crippen molar-refractivity contribution >= 4 is 0 Å². The molecule has 0 radical (unpaired) electrons. The maximum absolute atomic E-state index is 3.00. The zero-order valence-corrected chi connectivity index (χ0v) is 2.23. The summed E-state index contributed by atoms with van der Waals surface area (Å²) < 4.78 is 0. The van der Waals surface area contributed by atoms with Crippen LogP contribution < -0.4 is 0 Å². The van der Waals surface area contributed by atoms with Gasteiger partial charge in [0.25, 0.3) is 0 Å². The van der Waals surface area contributed by atoms with Gasteiger partial charge in [0.2, 0.25) is 0 Å². The molecule has 0 aliphatic carbocycles. The van der Waals surface area contributed by atoms with Gasteiger partial charge < -0.3 is 0 Å². The summed E-state index contributed by atoms with van der Waals surface area (Å²) in [5, 5.41) is 0. The lowest BCUT2D eigenvalue weighted by Gasteiger charge is -0.813. The van der Waals surface area contributed by atoms with E-state index in [9.17, 15) is 0 Å². The lowest BCUT2D eigenvalue weighted by atomic mass is 11.3. The van der Waals surface area contributed by atoms with E-state index >= 15 is 0 Å². The van der Waals surface area contributed by atoms with Crippen LogP contribution >= 0.6 is 0 Å². The number of hydrogen-bond donors (Lipinski definition) is 0. The molecule has 0 aliphatic rings. The highest BCUT2D eigenvalue weighted by molar-refractivity contribution is 4.22. The van der Waals surface area contributed by atoms with Crippen LogP contribution in [0.3, 0.4) is 0 Å². The van der Waals surface area contributed by atoms with Gasteiger partial charge in [-0.25, -0.2) is 0 Å². The molecule has 0 unspecified atom stereocenters. The Kier molecular flexibility index (Phi) is 703. The molecule has 0 heterocycles. The Balaban J connectivity index is -0.00000000500. The van der Waals surface area contributed by atoms with Crippen molar-refractivity contribution in [3.8, 4) is 0 Å². The summed E-state index contributed by atoms with van der Waals surface area (Å²) >= 11 is 0. The quantitative estimate of drug-likeness (QED) is 0.373. The van der Waals surface area contributed by atoms with Gasteiger partial charge in [-0.2, -0.15) is 0 Å². The van der Waals surface area contributed by atoms with Crippen molar-refractivity contribution in [1.82, 2.24) is 0 Å². The molecule has 2 heteroatoms. The molecule has 0 fully saturated rings. The first-order valence-electron chi connectivity index (χ1n) is 0.500. The van der Waals surface area contributed by atoms with Crippen LogP contribution in [-0.2, 0) is 0 Å². The van der Waals surface area contributed by atoms with E-state index in [1.807, 2.05) is 0 Å². The second kappa shape index (κ2) is 41.6. The van der Waals surface area contributed by atoms with E-state index in [1.54, 1.807) is 0 Å². The van der Waals surface area contributed by atoms with Gasteiger partial charge in [0.15, 0.2) is 0 Å². The van der Waals surface area contributed by atoms with E-state index in [0.29, 0.717) is 0 Å². The Morgan fingerprint density at radius 1 is 0.750 bits per heavy atom. The normalized spacial score (nSPS) is 1.00. The predicted octanol–water partition coefficient (Wildman–Crippen LogP) is 1.11. The average molecular weight is 68.1 g/mol. The van der Waals surface area contributed by atoms with E-state index in [-0.39, 0.29) is 9.41 Å². The highest BCUT2D eigenvalue weighted by Crippen LogP contribution is 0.862. The van der Waals surface area contributed by atoms with Gasteiger partial charge in [-0.15, -0.1) is 13.2 Å². The minimum absolute atomic E-state index is 0. The van der Waals surface area contributed by atoms with Crippen LogP contribution in [0.5, 0.6) is 0 Å². The van der Waals surface area contributed by atoms with Gasteiger partial charge in [-0.1, -0.05) is 0 Å². The minimum Gasteiger partial charge on any atom is -0.269 e. The van der Waals surface area contributed by atoms with Crippen LogP contribution in [0.4, 0.5) is 9.41 Å². The van der Waals surface area contributed by atoms with Crippen LogP contribution in [0.2, 0.25) is 0 Å². The van der Waals surface area contributed by atoms with Crippen molar-refractivity contribution < 1.29 is 9.41 Å². The first kappa shape index (κ1) is 67.6. The van der Waals surface area contributed by atoms with Gasteiger partial charge in [0, 0.05) is 0 Å². The molecule has 0 N–H and O–H groups in total. The SMILES string of the molecule is C=C.F.F. The molecule has 0 saturated carbocycles. The lowest BCUT2D eigenvalue weighted by molar-refractivity contribution is 1.11. The van der Waals surface area contributed by atoms with Crippen molar-refractivity contribution in [3.05, 3.63) is 13.2 Å². The van der Waals surface area contributed by atoms with Crippen LogP contribution in [0, 0.1) is 0 Å². The summed E-state index contributed by atoms with van der Waals surface area (Å²) in [6.07, 6.45) is 0. The third-order valence-corrected chi connectivity index (χ3v) is 0. The molecule has 0 spiro atoms. The Morgan fingerprint density at radius 2 is 0.750 bits per heavy atom. The van der Waals surface area contributed by atoms with Crippen molar-refractivity contribution in [3.63, 3.8) is 0 Å². The third kappa shape index (κ3) is 3.60. The molecule has 4 heavy (non-hydrogen) atoms. The summed E-state index contributed by atoms with van der Waals surface area (Å²) in [7, 11) is 0. The average Bonchev–Trinajstić information content (AvgIpc) is 1.00. The monoisotopic (exact) mass is 68.0 g/mol. The number of halogens is 2. The summed E-state index contributed by atoms with van der Waals surface area (Å²) in [4.78, 5) is 0. The van der Waals surface area contributed by atoms with E-state index in [2.05, 4.69) is 13.2 Å². The molecule has 0 saturated heterocycles. The maximum Gasteiger partial charge on any atom is -0.106 e. The predicted molar refractivity (Wildman–Crippen MR) is 16.3 cm³/mol. The molecular formula is C2H6F2. The van der Waals surface area contributed by atoms with Gasteiger partial charge in [0.05, 0.1) is 0 Å². The lowest BCUT2D eigenvalue weighted by Crippen LogP contribution is -0.552. The second-order valence-electron chi connectivity index (χ2n) is 0. The summed E-state index contributed by atoms with van der Waals surface area (Å²) in [5.74, 6) is 0. The molecule has 0 rings (SSSR count). The van der Waals surface area contributed by atoms with E-state index in [0.717, 1.165) is 0 Å². The van der Waals surface area contributed by atoms with Gasteiger partial charge in [0.1, 0.15) is 0 Å². The molecule has 0 aromatic carbocycles. The highest BCUT2D eigenvalue weighted by atomic mass is 19.0. The largest absolute Gasteiger partial charge is 0.269 e. The molecule has 0 aliphatic heterocycles. The minimum atomic E-state index is 0. The topological polar surface area (TPSA) is 0 Å². The zero-order valence-electron chi connectivity index (χ0n) is 2.23. The Labute approximate surface area is 23.9 Å². The van der Waals surface area contributed by atoms with Crippen molar-refractivity contribution in [1.29, 1.82) is 0 Å². The molecule has 0 amide bonds. The van der Waals surface area contributed by atoms with Crippen molar-refractivity contribution in [2.45, 2.75) is 0 Å². The summed E-state index contributed by atoms with van der Waals surface area (Å²) in [6.45, 7) is 6.00. The number of rotatable bonds is 0.